The Labute approximate surface area is 166 Å². The van der Waals surface area contributed by atoms with Crippen molar-refractivity contribution in [3.05, 3.63) is 65.8 Å². The molecule has 0 saturated carbocycles. The van der Waals surface area contributed by atoms with E-state index in [9.17, 15) is 9.18 Å². The lowest BCUT2D eigenvalue weighted by Crippen LogP contribution is -2.01. The molecule has 0 amide bonds. The van der Waals surface area contributed by atoms with E-state index < -0.39 is 5.97 Å². The van der Waals surface area contributed by atoms with Crippen LogP contribution in [0.2, 0.25) is 0 Å². The van der Waals surface area contributed by atoms with Crippen LogP contribution in [0.15, 0.2) is 53.1 Å². The molecule has 8 heteroatoms. The fraction of sp³-hybridized carbons (Fsp3) is 0.190. The first kappa shape index (κ1) is 20.1. The van der Waals surface area contributed by atoms with Crippen molar-refractivity contribution in [2.75, 3.05) is 13.7 Å². The Hall–Kier alpha value is -3.68. The largest absolute Gasteiger partial charge is 0.493 e. The molecule has 3 rings (SSSR count). The summed E-state index contributed by atoms with van der Waals surface area (Å²) in [5, 5.41) is 3.79. The van der Waals surface area contributed by atoms with Crippen molar-refractivity contribution >= 4 is 12.0 Å². The van der Waals surface area contributed by atoms with Crippen molar-refractivity contribution in [1.82, 2.24) is 10.1 Å². The lowest BCUT2D eigenvalue weighted by Gasteiger charge is -2.09. The highest BCUT2D eigenvalue weighted by molar-refractivity contribution is 5.87. The smallest absolute Gasteiger partial charge is 0.331 e. The van der Waals surface area contributed by atoms with Gasteiger partial charge < -0.3 is 18.7 Å². The van der Waals surface area contributed by atoms with E-state index in [-0.39, 0.29) is 24.1 Å². The highest BCUT2D eigenvalue weighted by Crippen LogP contribution is 2.28. The summed E-state index contributed by atoms with van der Waals surface area (Å²) in [6, 6.07) is 11.0. The number of benzene rings is 2. The van der Waals surface area contributed by atoms with Gasteiger partial charge in [0.1, 0.15) is 5.82 Å². The number of halogens is 1. The molecule has 0 unspecified atom stereocenters. The average molecular weight is 398 g/mol. The maximum absolute atomic E-state index is 13.0. The lowest BCUT2D eigenvalue weighted by atomic mass is 10.2. The van der Waals surface area contributed by atoms with Crippen LogP contribution in [0, 0.1) is 5.82 Å². The van der Waals surface area contributed by atoms with Gasteiger partial charge in [0.15, 0.2) is 18.1 Å². The summed E-state index contributed by atoms with van der Waals surface area (Å²) in [4.78, 5) is 16.0. The summed E-state index contributed by atoms with van der Waals surface area (Å²) in [5.74, 6) is 0.689. The number of esters is 1. The van der Waals surface area contributed by atoms with Gasteiger partial charge in [0.25, 0.3) is 5.89 Å². The molecule has 0 aliphatic heterocycles. The molecule has 3 aromatic rings. The van der Waals surface area contributed by atoms with Crippen molar-refractivity contribution in [2.45, 2.75) is 13.5 Å². The molecule has 1 aromatic heterocycles. The third-order valence-electron chi connectivity index (χ3n) is 3.81. The van der Waals surface area contributed by atoms with Crippen LogP contribution in [0.5, 0.6) is 11.5 Å². The summed E-state index contributed by atoms with van der Waals surface area (Å²) in [5.41, 5.74) is 1.34. The predicted octanol–water partition coefficient (Wildman–Crippen LogP) is 4.04. The van der Waals surface area contributed by atoms with Gasteiger partial charge in [-0.3, -0.25) is 0 Å². The van der Waals surface area contributed by atoms with Crippen molar-refractivity contribution < 1.29 is 27.9 Å². The maximum Gasteiger partial charge on any atom is 0.331 e. The second kappa shape index (κ2) is 9.50. The number of aromatic nitrogens is 2. The molecular weight excluding hydrogens is 379 g/mol. The Kier molecular flexibility index (Phi) is 6.57. The Balaban J connectivity index is 1.57. The normalized spacial score (nSPS) is 10.9. The fourth-order valence-electron chi connectivity index (χ4n) is 2.44. The van der Waals surface area contributed by atoms with Crippen LogP contribution >= 0.6 is 0 Å². The Morgan fingerprint density at radius 2 is 1.97 bits per heavy atom. The summed E-state index contributed by atoms with van der Waals surface area (Å²) < 4.78 is 33.8. The van der Waals surface area contributed by atoms with Crippen LogP contribution in [-0.4, -0.2) is 29.8 Å². The maximum atomic E-state index is 13.0. The molecule has 0 atom stereocenters. The number of rotatable bonds is 8. The number of carbonyl (C=O) groups is 1. The zero-order valence-corrected chi connectivity index (χ0v) is 15.9. The molecule has 0 saturated heterocycles. The van der Waals surface area contributed by atoms with Gasteiger partial charge in [-0.05, 0) is 55.0 Å². The van der Waals surface area contributed by atoms with E-state index in [4.69, 9.17) is 18.7 Å². The molecule has 2 aromatic carbocycles. The second-order valence-corrected chi connectivity index (χ2v) is 5.80. The third-order valence-corrected chi connectivity index (χ3v) is 3.81. The Morgan fingerprint density at radius 3 is 2.69 bits per heavy atom. The molecule has 0 aliphatic rings. The van der Waals surface area contributed by atoms with Crippen LogP contribution in [0.4, 0.5) is 4.39 Å². The summed E-state index contributed by atoms with van der Waals surface area (Å²) in [6.07, 6.45) is 2.88. The van der Waals surface area contributed by atoms with Crippen molar-refractivity contribution in [1.29, 1.82) is 0 Å². The summed E-state index contributed by atoms with van der Waals surface area (Å²) in [6.45, 7) is 2.23. The topological polar surface area (TPSA) is 83.7 Å². The van der Waals surface area contributed by atoms with E-state index in [2.05, 4.69) is 10.1 Å². The van der Waals surface area contributed by atoms with E-state index in [1.165, 1.54) is 30.3 Å². The monoisotopic (exact) mass is 398 g/mol. The van der Waals surface area contributed by atoms with Gasteiger partial charge in [0.05, 0.1) is 13.7 Å². The highest BCUT2D eigenvalue weighted by Gasteiger charge is 2.10. The minimum atomic E-state index is -0.570. The molecule has 0 radical (unpaired) electrons. The van der Waals surface area contributed by atoms with Gasteiger partial charge in [0, 0.05) is 11.6 Å². The molecule has 0 spiro atoms. The predicted molar refractivity (Wildman–Crippen MR) is 103 cm³/mol. The highest BCUT2D eigenvalue weighted by atomic mass is 19.1. The van der Waals surface area contributed by atoms with E-state index >= 15 is 0 Å². The molecule has 29 heavy (non-hydrogen) atoms. The number of ether oxygens (including phenoxy) is 3. The molecule has 150 valence electrons. The van der Waals surface area contributed by atoms with E-state index in [0.29, 0.717) is 23.7 Å². The van der Waals surface area contributed by atoms with Crippen LogP contribution in [0.1, 0.15) is 18.4 Å². The van der Waals surface area contributed by atoms with Gasteiger partial charge >= 0.3 is 5.97 Å². The molecule has 0 fully saturated rings. The first-order valence-corrected chi connectivity index (χ1v) is 8.83. The quantitative estimate of drug-likeness (QED) is 0.418. The van der Waals surface area contributed by atoms with Gasteiger partial charge in [-0.25, -0.2) is 9.18 Å². The van der Waals surface area contributed by atoms with Crippen molar-refractivity contribution in [3.63, 3.8) is 0 Å². The molecule has 7 nitrogen and oxygen atoms in total. The van der Waals surface area contributed by atoms with Gasteiger partial charge in [-0.2, -0.15) is 4.98 Å². The number of hydrogen-bond donors (Lipinski definition) is 0. The molecule has 1 heterocycles. The first-order valence-electron chi connectivity index (χ1n) is 8.83. The van der Waals surface area contributed by atoms with Crippen LogP contribution in [0.25, 0.3) is 17.5 Å². The van der Waals surface area contributed by atoms with E-state index in [0.717, 1.165) is 5.56 Å². The minimum absolute atomic E-state index is 0.133. The fourth-order valence-corrected chi connectivity index (χ4v) is 2.44. The number of carbonyl (C=O) groups excluding carboxylic acids is 1. The zero-order chi connectivity index (χ0) is 20.6. The number of hydrogen-bond acceptors (Lipinski definition) is 7. The van der Waals surface area contributed by atoms with Gasteiger partial charge in [-0.15, -0.1) is 0 Å². The average Bonchev–Trinajstić information content (AvgIpc) is 3.21. The molecular formula is C21H19FN2O5. The molecule has 0 N–H and O–H groups in total. The van der Waals surface area contributed by atoms with Crippen molar-refractivity contribution in [3.8, 4) is 22.9 Å². The van der Waals surface area contributed by atoms with Crippen LogP contribution in [0.3, 0.4) is 0 Å². The minimum Gasteiger partial charge on any atom is -0.493 e. The number of methoxy groups -OCH3 is 1. The van der Waals surface area contributed by atoms with Gasteiger partial charge in [-0.1, -0.05) is 11.2 Å². The van der Waals surface area contributed by atoms with Crippen LogP contribution in [-0.2, 0) is 16.1 Å². The van der Waals surface area contributed by atoms with E-state index in [1.807, 2.05) is 6.92 Å². The third kappa shape index (κ3) is 5.41. The molecule has 0 aliphatic carbocycles. The van der Waals surface area contributed by atoms with Crippen molar-refractivity contribution in [2.24, 2.45) is 0 Å². The van der Waals surface area contributed by atoms with Crippen LogP contribution < -0.4 is 9.47 Å². The SMILES string of the molecule is CCOc1ccc(/C=C/C(=O)OCc2nc(-c3ccc(F)cc3)no2)cc1OC. The molecule has 0 bridgehead atoms. The Bertz CT molecular complexity index is 999. The second-order valence-electron chi connectivity index (χ2n) is 5.80. The van der Waals surface area contributed by atoms with E-state index in [1.54, 1.807) is 31.4 Å². The summed E-state index contributed by atoms with van der Waals surface area (Å²) >= 11 is 0. The van der Waals surface area contributed by atoms with Gasteiger partial charge in [0.2, 0.25) is 5.82 Å². The number of nitrogens with zero attached hydrogens (tertiary/aromatic N) is 2. The first-order chi connectivity index (χ1) is 14.1. The summed E-state index contributed by atoms with van der Waals surface area (Å²) in [7, 11) is 1.55. The zero-order valence-electron chi connectivity index (χ0n) is 15.9. The standard InChI is InChI=1S/C21H19FN2O5/c1-3-27-17-10-4-14(12-18(17)26-2)5-11-20(25)28-13-19-23-21(24-29-19)15-6-8-16(22)9-7-15/h4-12H,3,13H2,1-2H3/b11-5+. The Morgan fingerprint density at radius 1 is 1.17 bits per heavy atom. The lowest BCUT2D eigenvalue weighted by molar-refractivity contribution is -0.139.